The van der Waals surface area contributed by atoms with Crippen molar-refractivity contribution in [1.29, 1.82) is 0 Å². The summed E-state index contributed by atoms with van der Waals surface area (Å²) in [5.41, 5.74) is 3.42. The van der Waals surface area contributed by atoms with E-state index >= 15 is 0 Å². The van der Waals surface area contributed by atoms with Gasteiger partial charge in [0.2, 0.25) is 10.0 Å². The average molecular weight is 423 g/mol. The zero-order valence-corrected chi connectivity index (χ0v) is 17.0. The van der Waals surface area contributed by atoms with Crippen LogP contribution in [0.25, 0.3) is 16.0 Å². The molecule has 1 aromatic heterocycles. The smallest absolute Gasteiger partial charge is 0.229 e. The highest BCUT2D eigenvalue weighted by molar-refractivity contribution is 7.92. The predicted octanol–water partition coefficient (Wildman–Crippen LogP) is 4.29. The van der Waals surface area contributed by atoms with E-state index in [1.807, 2.05) is 12.3 Å². The molecule has 0 bridgehead atoms. The Balaban J connectivity index is 1.76. The summed E-state index contributed by atoms with van der Waals surface area (Å²) in [6.07, 6.45) is 9.43. The molecule has 5 nitrogen and oxygen atoms in total. The molecule has 0 spiro atoms. The van der Waals surface area contributed by atoms with Crippen molar-refractivity contribution < 1.29 is 13.2 Å². The lowest BCUT2D eigenvalue weighted by Crippen LogP contribution is -2.24. The average Bonchev–Trinajstić information content (AvgIpc) is 3.09. The van der Waals surface area contributed by atoms with Crippen molar-refractivity contribution in [2.75, 3.05) is 11.0 Å². The normalized spacial score (nSPS) is 16.5. The summed E-state index contributed by atoms with van der Waals surface area (Å²) >= 11 is 7.93. The molecule has 0 aliphatic carbocycles. The molecule has 0 fully saturated rings. The molecule has 1 unspecified atom stereocenters. The molecule has 1 atom stereocenters. The van der Waals surface area contributed by atoms with Crippen LogP contribution in [-0.2, 0) is 14.8 Å². The van der Waals surface area contributed by atoms with Crippen molar-refractivity contribution in [3.05, 3.63) is 58.6 Å². The van der Waals surface area contributed by atoms with Gasteiger partial charge in [-0.15, -0.1) is 11.3 Å². The van der Waals surface area contributed by atoms with Gasteiger partial charge in [0.15, 0.2) is 0 Å². The molecule has 0 radical (unpaired) electrons. The van der Waals surface area contributed by atoms with Gasteiger partial charge < -0.3 is 10.1 Å². The van der Waals surface area contributed by atoms with Gasteiger partial charge in [-0.2, -0.15) is 0 Å². The molecule has 27 heavy (non-hydrogen) atoms. The molecule has 142 valence electrons. The van der Waals surface area contributed by atoms with E-state index in [1.54, 1.807) is 23.5 Å². The van der Waals surface area contributed by atoms with E-state index in [0.717, 1.165) is 40.5 Å². The molecule has 1 aliphatic heterocycles. The molecule has 0 amide bonds. The van der Waals surface area contributed by atoms with Crippen molar-refractivity contribution in [3.63, 3.8) is 0 Å². The number of dihydropyridines is 1. The molecule has 0 saturated carbocycles. The maximum Gasteiger partial charge on any atom is 0.229 e. The molecular formula is C19H19ClN2O3S2. The largest absolute Gasteiger partial charge is 0.384 e. The summed E-state index contributed by atoms with van der Waals surface area (Å²) < 4.78 is 25.1. The Hall–Kier alpha value is -2.09. The number of hydrogen-bond acceptors (Lipinski definition) is 5. The number of nitrogens with one attached hydrogen (secondary N) is 2. The first-order valence-corrected chi connectivity index (χ1v) is 11.5. The summed E-state index contributed by atoms with van der Waals surface area (Å²) in [5.74, 6) is 0. The van der Waals surface area contributed by atoms with Crippen LogP contribution in [0.3, 0.4) is 0 Å². The van der Waals surface area contributed by atoms with E-state index in [2.05, 4.69) is 33.6 Å². The molecule has 1 aliphatic rings. The summed E-state index contributed by atoms with van der Waals surface area (Å²) in [7, 11) is -3.34. The summed E-state index contributed by atoms with van der Waals surface area (Å²) in [4.78, 5) is 11.5. The number of benzene rings is 1. The highest BCUT2D eigenvalue weighted by Crippen LogP contribution is 2.36. The summed E-state index contributed by atoms with van der Waals surface area (Å²) in [6.45, 7) is 0. The third kappa shape index (κ3) is 5.22. The number of hydrogen-bond donors (Lipinski definition) is 2. The molecule has 3 rings (SSSR count). The van der Waals surface area contributed by atoms with E-state index in [9.17, 15) is 13.2 Å². The van der Waals surface area contributed by atoms with Crippen LogP contribution in [-0.4, -0.2) is 27.0 Å². The Morgan fingerprint density at radius 3 is 2.78 bits per heavy atom. The van der Waals surface area contributed by atoms with Crippen LogP contribution >= 0.6 is 22.9 Å². The van der Waals surface area contributed by atoms with Gasteiger partial charge in [0.05, 0.1) is 11.3 Å². The molecule has 2 aromatic rings. The van der Waals surface area contributed by atoms with Gasteiger partial charge in [-0.25, -0.2) is 8.42 Å². The van der Waals surface area contributed by atoms with Crippen LogP contribution in [0.15, 0.2) is 48.0 Å². The van der Waals surface area contributed by atoms with Gasteiger partial charge in [0, 0.05) is 34.8 Å². The first-order valence-electron chi connectivity index (χ1n) is 8.30. The number of aldehydes is 1. The van der Waals surface area contributed by atoms with E-state index in [0.29, 0.717) is 17.1 Å². The fourth-order valence-electron chi connectivity index (χ4n) is 2.75. The SMILES string of the molecule is CS(=O)(=O)Nc1ccc(-c2cc(C3=CNC(CCC=O)C=C3)cs2)c(Cl)c1. The minimum Gasteiger partial charge on any atom is -0.384 e. The fraction of sp³-hybridized carbons (Fsp3) is 0.211. The standard InChI is InChI=1S/C19H19ClN2O3S2/c1-27(24,25)22-16-6-7-17(18(20)10-16)19-9-14(12-26-19)13-4-5-15(21-11-13)3-2-8-23/h4-12,15,21-22H,2-3H2,1H3. The van der Waals surface area contributed by atoms with Crippen molar-refractivity contribution in [2.24, 2.45) is 0 Å². The molecule has 2 heterocycles. The number of anilines is 1. The van der Waals surface area contributed by atoms with Gasteiger partial charge in [-0.3, -0.25) is 4.72 Å². The van der Waals surface area contributed by atoms with Crippen LogP contribution in [0.2, 0.25) is 5.02 Å². The number of allylic oxidation sites excluding steroid dienone is 2. The van der Waals surface area contributed by atoms with Crippen molar-refractivity contribution in [1.82, 2.24) is 5.32 Å². The number of carbonyl (C=O) groups excluding carboxylic acids is 1. The number of carbonyl (C=O) groups is 1. The highest BCUT2D eigenvalue weighted by Gasteiger charge is 2.13. The summed E-state index contributed by atoms with van der Waals surface area (Å²) in [6, 6.07) is 7.35. The number of halogens is 1. The van der Waals surface area contributed by atoms with Crippen LogP contribution in [0.5, 0.6) is 0 Å². The van der Waals surface area contributed by atoms with Crippen LogP contribution in [0.4, 0.5) is 5.69 Å². The third-order valence-corrected chi connectivity index (χ3v) is 5.91. The zero-order valence-electron chi connectivity index (χ0n) is 14.6. The monoisotopic (exact) mass is 422 g/mol. The molecule has 8 heteroatoms. The van der Waals surface area contributed by atoms with Gasteiger partial charge in [0.25, 0.3) is 0 Å². The van der Waals surface area contributed by atoms with Crippen LogP contribution < -0.4 is 10.0 Å². The Morgan fingerprint density at radius 1 is 1.33 bits per heavy atom. The van der Waals surface area contributed by atoms with Gasteiger partial charge in [-0.05, 0) is 47.2 Å². The van der Waals surface area contributed by atoms with Crippen molar-refractivity contribution >= 4 is 50.5 Å². The second-order valence-corrected chi connectivity index (χ2v) is 9.31. The zero-order chi connectivity index (χ0) is 19.4. The lowest BCUT2D eigenvalue weighted by Gasteiger charge is -2.17. The van der Waals surface area contributed by atoms with Crippen molar-refractivity contribution in [2.45, 2.75) is 18.9 Å². The number of thiophene rings is 1. The molecule has 1 aromatic carbocycles. The Morgan fingerprint density at radius 2 is 2.15 bits per heavy atom. The van der Waals surface area contributed by atoms with E-state index in [4.69, 9.17) is 11.6 Å². The molecule has 2 N–H and O–H groups in total. The first-order chi connectivity index (χ1) is 12.9. The third-order valence-electron chi connectivity index (χ3n) is 4.03. The number of rotatable bonds is 7. The van der Waals surface area contributed by atoms with Crippen LogP contribution in [0.1, 0.15) is 18.4 Å². The van der Waals surface area contributed by atoms with Gasteiger partial charge >= 0.3 is 0 Å². The molecule has 0 saturated heterocycles. The van der Waals surface area contributed by atoms with E-state index in [-0.39, 0.29) is 6.04 Å². The Bertz CT molecular complexity index is 1010. The lowest BCUT2D eigenvalue weighted by atomic mass is 10.0. The second-order valence-electron chi connectivity index (χ2n) is 6.24. The highest BCUT2D eigenvalue weighted by atomic mass is 35.5. The number of sulfonamides is 1. The fourth-order valence-corrected chi connectivity index (χ4v) is 4.60. The van der Waals surface area contributed by atoms with Crippen LogP contribution in [0, 0.1) is 0 Å². The lowest BCUT2D eigenvalue weighted by molar-refractivity contribution is -0.108. The first kappa shape index (κ1) is 19.7. The maximum absolute atomic E-state index is 11.3. The van der Waals surface area contributed by atoms with Gasteiger partial charge in [0.1, 0.15) is 6.29 Å². The van der Waals surface area contributed by atoms with E-state index < -0.39 is 10.0 Å². The van der Waals surface area contributed by atoms with E-state index in [1.165, 1.54) is 0 Å². The Kier molecular flexibility index (Phi) is 6.04. The van der Waals surface area contributed by atoms with Crippen molar-refractivity contribution in [3.8, 4) is 10.4 Å². The quantitative estimate of drug-likeness (QED) is 0.652. The second kappa shape index (κ2) is 8.29. The Labute approximate surface area is 167 Å². The molecular weight excluding hydrogens is 404 g/mol. The minimum atomic E-state index is -3.34. The van der Waals surface area contributed by atoms with Gasteiger partial charge in [-0.1, -0.05) is 23.8 Å². The minimum absolute atomic E-state index is 0.182. The summed E-state index contributed by atoms with van der Waals surface area (Å²) in [5, 5.41) is 5.83. The topological polar surface area (TPSA) is 75.3 Å². The predicted molar refractivity (Wildman–Crippen MR) is 113 cm³/mol. The maximum atomic E-state index is 11.3.